The van der Waals surface area contributed by atoms with Crippen LogP contribution in [0.3, 0.4) is 0 Å². The molecule has 0 bridgehead atoms. The first-order chi connectivity index (χ1) is 9.60. The molecule has 2 rings (SSSR count). The Balaban J connectivity index is 2.00. The monoisotopic (exact) mass is 310 g/mol. The van der Waals surface area contributed by atoms with Crippen LogP contribution in [0.5, 0.6) is 0 Å². The molecule has 2 amide bonds. The average molecular weight is 310 g/mol. The van der Waals surface area contributed by atoms with Gasteiger partial charge in [0.25, 0.3) is 5.91 Å². The molecule has 0 unspecified atom stereocenters. The quantitative estimate of drug-likeness (QED) is 0.781. The normalized spacial score (nSPS) is 15.7. The number of nitrogens with one attached hydrogen (secondary N) is 2. The van der Waals surface area contributed by atoms with Crippen molar-refractivity contribution in [1.82, 2.24) is 5.32 Å². The second-order valence-corrected chi connectivity index (χ2v) is 7.65. The van der Waals surface area contributed by atoms with E-state index in [1.54, 1.807) is 39.8 Å². The van der Waals surface area contributed by atoms with Crippen LogP contribution in [0.1, 0.15) is 50.2 Å². The lowest BCUT2D eigenvalue weighted by atomic mass is 9.86. The van der Waals surface area contributed by atoms with Gasteiger partial charge in [0.15, 0.2) is 0 Å². The Morgan fingerprint density at radius 1 is 1.24 bits per heavy atom. The van der Waals surface area contributed by atoms with Gasteiger partial charge >= 0.3 is 0 Å². The molecular formula is C15H22N2O3S. The molecule has 1 heterocycles. The summed E-state index contributed by atoms with van der Waals surface area (Å²) < 4.78 is 0. The summed E-state index contributed by atoms with van der Waals surface area (Å²) in [6.07, 6.45) is 1.90. The lowest BCUT2D eigenvalue weighted by Crippen LogP contribution is -2.57. The maximum absolute atomic E-state index is 12.2. The van der Waals surface area contributed by atoms with Gasteiger partial charge in [-0.15, -0.1) is 11.3 Å². The number of amides is 2. The van der Waals surface area contributed by atoms with Crippen molar-refractivity contribution in [2.45, 2.75) is 51.7 Å². The number of anilines is 1. The van der Waals surface area contributed by atoms with Crippen molar-refractivity contribution in [3.63, 3.8) is 0 Å². The maximum Gasteiger partial charge on any atom is 0.261 e. The Bertz CT molecular complexity index is 554. The van der Waals surface area contributed by atoms with E-state index in [0.717, 1.165) is 12.8 Å². The van der Waals surface area contributed by atoms with Gasteiger partial charge in [-0.2, -0.15) is 0 Å². The van der Waals surface area contributed by atoms with E-state index in [0.29, 0.717) is 9.88 Å². The first-order valence-corrected chi connectivity index (χ1v) is 7.87. The molecule has 0 spiro atoms. The van der Waals surface area contributed by atoms with Crippen molar-refractivity contribution in [1.29, 1.82) is 0 Å². The third-order valence-electron chi connectivity index (χ3n) is 3.98. The van der Waals surface area contributed by atoms with Gasteiger partial charge in [-0.25, -0.2) is 0 Å². The molecule has 1 aromatic heterocycles. The van der Waals surface area contributed by atoms with E-state index in [1.165, 1.54) is 11.3 Å². The van der Waals surface area contributed by atoms with E-state index in [2.05, 4.69) is 10.6 Å². The van der Waals surface area contributed by atoms with Gasteiger partial charge in [-0.05, 0) is 52.7 Å². The zero-order chi connectivity index (χ0) is 15.8. The van der Waals surface area contributed by atoms with Crippen LogP contribution in [-0.2, 0) is 4.79 Å². The Morgan fingerprint density at radius 3 is 2.38 bits per heavy atom. The van der Waals surface area contributed by atoms with Crippen molar-refractivity contribution in [3.8, 4) is 0 Å². The summed E-state index contributed by atoms with van der Waals surface area (Å²) in [5, 5.41) is 16.4. The van der Waals surface area contributed by atoms with Gasteiger partial charge in [-0.3, -0.25) is 9.59 Å². The number of carbonyl (C=O) groups excluding carboxylic acids is 2. The summed E-state index contributed by atoms with van der Waals surface area (Å²) in [4.78, 5) is 24.4. The number of carbonyl (C=O) groups is 2. The summed E-state index contributed by atoms with van der Waals surface area (Å²) in [7, 11) is 0. The zero-order valence-corrected chi connectivity index (χ0v) is 13.6. The van der Waals surface area contributed by atoms with Crippen molar-refractivity contribution in [3.05, 3.63) is 17.0 Å². The predicted molar refractivity (Wildman–Crippen MR) is 83.5 cm³/mol. The van der Waals surface area contributed by atoms with Crippen LogP contribution in [0.4, 0.5) is 5.00 Å². The summed E-state index contributed by atoms with van der Waals surface area (Å²) in [6.45, 7) is 6.86. The minimum absolute atomic E-state index is 0.0284. The summed E-state index contributed by atoms with van der Waals surface area (Å²) in [5.74, 6) is -0.0850. The molecule has 0 aliphatic heterocycles. The Hall–Kier alpha value is -1.40. The topological polar surface area (TPSA) is 78.4 Å². The molecule has 5 nitrogen and oxygen atoms in total. The summed E-state index contributed by atoms with van der Waals surface area (Å²) in [6, 6.07) is 3.42. The summed E-state index contributed by atoms with van der Waals surface area (Å²) >= 11 is 1.24. The van der Waals surface area contributed by atoms with Crippen molar-refractivity contribution < 1.29 is 14.7 Å². The van der Waals surface area contributed by atoms with Crippen LogP contribution in [0, 0.1) is 5.92 Å². The molecule has 21 heavy (non-hydrogen) atoms. The van der Waals surface area contributed by atoms with Crippen LogP contribution >= 0.6 is 11.3 Å². The highest BCUT2D eigenvalue weighted by molar-refractivity contribution is 7.18. The molecule has 0 saturated heterocycles. The summed E-state index contributed by atoms with van der Waals surface area (Å²) in [5.41, 5.74) is -1.80. The van der Waals surface area contributed by atoms with Gasteiger partial charge in [-0.1, -0.05) is 0 Å². The fraction of sp³-hybridized carbons (Fsp3) is 0.600. The minimum atomic E-state index is -1.04. The number of rotatable bonds is 5. The zero-order valence-electron chi connectivity index (χ0n) is 12.8. The van der Waals surface area contributed by atoms with Crippen LogP contribution in [-0.4, -0.2) is 28.1 Å². The highest BCUT2D eigenvalue weighted by atomic mass is 32.1. The SMILES string of the molecule is CC(C)(O)C(C)(C)NC(=O)c1ccc(NC(=O)C2CC2)s1. The standard InChI is InChI=1S/C15H22N2O3S/c1-14(2,15(3,4)20)17-13(19)10-7-8-11(21-10)16-12(18)9-5-6-9/h7-9,20H,5-6H2,1-4H3,(H,16,18)(H,17,19). The van der Waals surface area contributed by atoms with Crippen molar-refractivity contribution >= 4 is 28.2 Å². The van der Waals surface area contributed by atoms with E-state index < -0.39 is 11.1 Å². The Kier molecular flexibility index (Phi) is 4.13. The average Bonchev–Trinajstić information content (AvgIpc) is 3.08. The second kappa shape index (κ2) is 5.42. The maximum atomic E-state index is 12.2. The highest BCUT2D eigenvalue weighted by Gasteiger charge is 2.36. The van der Waals surface area contributed by atoms with E-state index in [-0.39, 0.29) is 17.7 Å². The molecule has 0 atom stereocenters. The van der Waals surface area contributed by atoms with Gasteiger partial charge < -0.3 is 15.7 Å². The molecule has 1 aromatic rings. The fourth-order valence-corrected chi connectivity index (χ4v) is 2.40. The molecular weight excluding hydrogens is 288 g/mol. The van der Waals surface area contributed by atoms with E-state index >= 15 is 0 Å². The van der Waals surface area contributed by atoms with Crippen LogP contribution in [0.25, 0.3) is 0 Å². The molecule has 116 valence electrons. The van der Waals surface area contributed by atoms with Crippen LogP contribution in [0.2, 0.25) is 0 Å². The van der Waals surface area contributed by atoms with E-state index in [4.69, 9.17) is 0 Å². The molecule has 1 aliphatic carbocycles. The number of aliphatic hydroxyl groups is 1. The number of thiophene rings is 1. The van der Waals surface area contributed by atoms with Gasteiger partial charge in [0.05, 0.1) is 21.0 Å². The second-order valence-electron chi connectivity index (χ2n) is 6.57. The predicted octanol–water partition coefficient (Wildman–Crippen LogP) is 2.38. The largest absolute Gasteiger partial charge is 0.388 e. The van der Waals surface area contributed by atoms with E-state index in [1.807, 2.05) is 0 Å². The Labute approximate surface area is 128 Å². The molecule has 1 saturated carbocycles. The Morgan fingerprint density at radius 2 is 1.86 bits per heavy atom. The third-order valence-corrected chi connectivity index (χ3v) is 4.98. The van der Waals surface area contributed by atoms with E-state index in [9.17, 15) is 14.7 Å². The van der Waals surface area contributed by atoms with Crippen molar-refractivity contribution in [2.75, 3.05) is 5.32 Å². The molecule has 6 heteroatoms. The molecule has 0 radical (unpaired) electrons. The highest BCUT2D eigenvalue weighted by Crippen LogP contribution is 2.32. The molecule has 3 N–H and O–H groups in total. The van der Waals surface area contributed by atoms with Crippen LogP contribution in [0.15, 0.2) is 12.1 Å². The van der Waals surface area contributed by atoms with Gasteiger partial charge in [0.2, 0.25) is 5.91 Å². The number of hydrogen-bond acceptors (Lipinski definition) is 4. The molecule has 1 fully saturated rings. The van der Waals surface area contributed by atoms with Crippen molar-refractivity contribution in [2.24, 2.45) is 5.92 Å². The lowest BCUT2D eigenvalue weighted by Gasteiger charge is -2.37. The van der Waals surface area contributed by atoms with Gasteiger partial charge in [0, 0.05) is 5.92 Å². The first kappa shape index (κ1) is 16.0. The third kappa shape index (κ3) is 3.83. The minimum Gasteiger partial charge on any atom is -0.388 e. The lowest BCUT2D eigenvalue weighted by molar-refractivity contribution is -0.117. The number of hydrogen-bond donors (Lipinski definition) is 3. The first-order valence-electron chi connectivity index (χ1n) is 7.06. The fourth-order valence-electron chi connectivity index (χ4n) is 1.59. The smallest absolute Gasteiger partial charge is 0.261 e. The van der Waals surface area contributed by atoms with Gasteiger partial charge in [0.1, 0.15) is 0 Å². The van der Waals surface area contributed by atoms with Crippen LogP contribution < -0.4 is 10.6 Å². The molecule has 0 aromatic carbocycles. The molecule has 1 aliphatic rings.